The molecule has 0 aliphatic carbocycles. The summed E-state index contributed by atoms with van der Waals surface area (Å²) in [4.78, 5) is 10.9. The Hall–Kier alpha value is -0.570. The lowest BCUT2D eigenvalue weighted by Gasteiger charge is -2.32. The number of nitrogens with one attached hydrogen (secondary N) is 2. The molecule has 1 aliphatic heterocycles. The summed E-state index contributed by atoms with van der Waals surface area (Å²) in [7, 11) is 0. The van der Waals surface area contributed by atoms with Gasteiger partial charge in [-0.3, -0.25) is 4.79 Å². The lowest BCUT2D eigenvalue weighted by atomic mass is 9.95. The van der Waals surface area contributed by atoms with Crippen molar-refractivity contribution in [1.82, 2.24) is 10.6 Å². The summed E-state index contributed by atoms with van der Waals surface area (Å²) in [5.74, 6) is 0.801. The van der Waals surface area contributed by atoms with Crippen LogP contribution in [-0.2, 0) is 4.79 Å². The van der Waals surface area contributed by atoms with Crippen LogP contribution in [0.2, 0.25) is 0 Å². The third kappa shape index (κ3) is 2.19. The van der Waals surface area contributed by atoms with Crippen molar-refractivity contribution in [3.05, 3.63) is 0 Å². The van der Waals surface area contributed by atoms with Gasteiger partial charge in [-0.05, 0) is 6.92 Å². The molecule has 2 N–H and O–H groups in total. The van der Waals surface area contributed by atoms with Gasteiger partial charge in [-0.1, -0.05) is 6.92 Å². The maximum Gasteiger partial charge on any atom is 0.219 e. The highest BCUT2D eigenvalue weighted by atomic mass is 16.1. The first-order chi connectivity index (χ1) is 5.24. The van der Waals surface area contributed by atoms with E-state index in [-0.39, 0.29) is 5.91 Å². The first-order valence-electron chi connectivity index (χ1n) is 4.24. The van der Waals surface area contributed by atoms with Crippen LogP contribution in [0.15, 0.2) is 0 Å². The Bertz CT molecular complexity index is 143. The molecule has 0 aromatic rings. The van der Waals surface area contributed by atoms with E-state index in [0.717, 1.165) is 13.1 Å². The second-order valence-electron chi connectivity index (χ2n) is 3.13. The maximum absolute atomic E-state index is 10.9. The number of hydrogen-bond donors (Lipinski definition) is 2. The molecule has 0 aromatic heterocycles. The highest BCUT2D eigenvalue weighted by Crippen LogP contribution is 2.08. The summed E-state index contributed by atoms with van der Waals surface area (Å²) < 4.78 is 0. The van der Waals surface area contributed by atoms with Gasteiger partial charge < -0.3 is 10.6 Å². The molecule has 1 atom stereocenters. The highest BCUT2D eigenvalue weighted by Gasteiger charge is 2.23. The molecule has 1 aliphatic rings. The van der Waals surface area contributed by atoms with Crippen LogP contribution in [0.1, 0.15) is 20.3 Å². The molecular weight excluding hydrogens is 140 g/mol. The van der Waals surface area contributed by atoms with Crippen molar-refractivity contribution in [3.63, 3.8) is 0 Å². The van der Waals surface area contributed by atoms with Crippen molar-refractivity contribution in [1.29, 1.82) is 0 Å². The Balaban J connectivity index is 2.19. The predicted octanol–water partition coefficient (Wildman–Crippen LogP) is 0.120. The van der Waals surface area contributed by atoms with Gasteiger partial charge in [0.1, 0.15) is 0 Å². The van der Waals surface area contributed by atoms with E-state index < -0.39 is 0 Å². The fourth-order valence-corrected chi connectivity index (χ4v) is 1.14. The van der Waals surface area contributed by atoms with Crippen molar-refractivity contribution >= 4 is 5.91 Å². The minimum atomic E-state index is 0.157. The summed E-state index contributed by atoms with van der Waals surface area (Å²) in [6.45, 7) is 6.04. The molecule has 1 saturated heterocycles. The fourth-order valence-electron chi connectivity index (χ4n) is 1.14. The normalized spacial score (nSPS) is 20.5. The van der Waals surface area contributed by atoms with Gasteiger partial charge >= 0.3 is 0 Å². The summed E-state index contributed by atoms with van der Waals surface area (Å²) in [6, 6.07) is 0.337. The molecule has 3 heteroatoms. The number of carbonyl (C=O) groups is 1. The van der Waals surface area contributed by atoms with E-state index in [1.807, 2.05) is 6.92 Å². The third-order valence-corrected chi connectivity index (χ3v) is 2.23. The molecule has 1 fully saturated rings. The second-order valence-corrected chi connectivity index (χ2v) is 3.13. The van der Waals surface area contributed by atoms with Gasteiger partial charge in [0.2, 0.25) is 5.91 Å². The van der Waals surface area contributed by atoms with E-state index >= 15 is 0 Å². The van der Waals surface area contributed by atoms with Crippen LogP contribution in [0.3, 0.4) is 0 Å². The third-order valence-electron chi connectivity index (χ3n) is 2.23. The molecule has 1 amide bonds. The fraction of sp³-hybridized carbons (Fsp3) is 0.875. The van der Waals surface area contributed by atoms with E-state index in [1.54, 1.807) is 0 Å². The number of rotatable bonds is 3. The van der Waals surface area contributed by atoms with Crippen molar-refractivity contribution in [2.75, 3.05) is 13.1 Å². The highest BCUT2D eigenvalue weighted by molar-refractivity contribution is 5.75. The number of hydrogen-bond acceptors (Lipinski definition) is 2. The van der Waals surface area contributed by atoms with Crippen LogP contribution in [0.4, 0.5) is 0 Å². The van der Waals surface area contributed by atoms with Crippen LogP contribution < -0.4 is 10.6 Å². The van der Waals surface area contributed by atoms with Crippen LogP contribution >= 0.6 is 0 Å². The van der Waals surface area contributed by atoms with Crippen LogP contribution in [0, 0.1) is 5.92 Å². The summed E-state index contributed by atoms with van der Waals surface area (Å²) >= 11 is 0. The molecule has 1 heterocycles. The molecule has 1 unspecified atom stereocenters. The zero-order chi connectivity index (χ0) is 8.27. The molecule has 11 heavy (non-hydrogen) atoms. The Labute approximate surface area is 67.5 Å². The van der Waals surface area contributed by atoms with Gasteiger partial charge in [-0.2, -0.15) is 0 Å². The van der Waals surface area contributed by atoms with E-state index in [4.69, 9.17) is 0 Å². The quantitative estimate of drug-likeness (QED) is 0.609. The van der Waals surface area contributed by atoms with Crippen molar-refractivity contribution < 1.29 is 4.79 Å². The van der Waals surface area contributed by atoms with Gasteiger partial charge in [0.25, 0.3) is 0 Å². The molecule has 0 saturated carbocycles. The largest absolute Gasteiger partial charge is 0.353 e. The first kappa shape index (κ1) is 8.53. The van der Waals surface area contributed by atoms with Crippen LogP contribution in [0.5, 0.6) is 0 Å². The Morgan fingerprint density at radius 2 is 2.36 bits per heavy atom. The van der Waals surface area contributed by atoms with E-state index in [0.29, 0.717) is 18.4 Å². The lowest BCUT2D eigenvalue weighted by molar-refractivity contribution is -0.121. The Morgan fingerprint density at radius 1 is 1.73 bits per heavy atom. The molecular formula is C8H16N2O. The zero-order valence-electron chi connectivity index (χ0n) is 7.18. The van der Waals surface area contributed by atoms with Gasteiger partial charge in [0.05, 0.1) is 0 Å². The molecule has 64 valence electrons. The summed E-state index contributed by atoms with van der Waals surface area (Å²) in [5, 5.41) is 6.13. The van der Waals surface area contributed by atoms with E-state index in [2.05, 4.69) is 17.6 Å². The topological polar surface area (TPSA) is 41.1 Å². The second kappa shape index (κ2) is 3.72. The Morgan fingerprint density at radius 3 is 2.73 bits per heavy atom. The molecule has 1 rings (SSSR count). The minimum absolute atomic E-state index is 0.157. The molecule has 0 aromatic carbocycles. The summed E-state index contributed by atoms with van der Waals surface area (Å²) in [5.41, 5.74) is 0. The molecule has 0 bridgehead atoms. The zero-order valence-corrected chi connectivity index (χ0v) is 7.18. The molecule has 0 radical (unpaired) electrons. The van der Waals surface area contributed by atoms with E-state index in [1.165, 1.54) is 0 Å². The average molecular weight is 156 g/mol. The van der Waals surface area contributed by atoms with Gasteiger partial charge in [-0.15, -0.1) is 0 Å². The van der Waals surface area contributed by atoms with Crippen LogP contribution in [0.25, 0.3) is 0 Å². The first-order valence-corrected chi connectivity index (χ1v) is 4.24. The Kier molecular flexibility index (Phi) is 2.88. The maximum atomic E-state index is 10.9. The van der Waals surface area contributed by atoms with Crippen LogP contribution in [-0.4, -0.2) is 25.0 Å². The minimum Gasteiger partial charge on any atom is -0.353 e. The SMILES string of the molecule is CCC(=O)NC(C)C1CNC1. The smallest absolute Gasteiger partial charge is 0.219 e. The molecule has 0 spiro atoms. The number of carbonyl (C=O) groups excluding carboxylic acids is 1. The van der Waals surface area contributed by atoms with E-state index in [9.17, 15) is 4.79 Å². The van der Waals surface area contributed by atoms with Gasteiger partial charge in [-0.25, -0.2) is 0 Å². The standard InChI is InChI=1S/C8H16N2O/c1-3-8(11)10-6(2)7-4-9-5-7/h6-7,9H,3-5H2,1-2H3,(H,10,11). The average Bonchev–Trinajstić information content (AvgIpc) is 1.83. The number of amides is 1. The van der Waals surface area contributed by atoms with Crippen molar-refractivity contribution in [2.45, 2.75) is 26.3 Å². The van der Waals surface area contributed by atoms with Gasteiger partial charge in [0.15, 0.2) is 0 Å². The van der Waals surface area contributed by atoms with Gasteiger partial charge in [0, 0.05) is 31.5 Å². The predicted molar refractivity (Wildman–Crippen MR) is 44.3 cm³/mol. The van der Waals surface area contributed by atoms with Crippen molar-refractivity contribution in [3.8, 4) is 0 Å². The van der Waals surface area contributed by atoms with Crippen molar-refractivity contribution in [2.24, 2.45) is 5.92 Å². The molecule has 3 nitrogen and oxygen atoms in total. The monoisotopic (exact) mass is 156 g/mol. The summed E-state index contributed by atoms with van der Waals surface area (Å²) in [6.07, 6.45) is 0.588. The lowest BCUT2D eigenvalue weighted by Crippen LogP contribution is -2.53.